The molecule has 0 aliphatic heterocycles. The van der Waals surface area contributed by atoms with E-state index >= 15 is 0 Å². The number of anilines is 1. The molecule has 19 heavy (non-hydrogen) atoms. The molecule has 104 valence electrons. The summed E-state index contributed by atoms with van der Waals surface area (Å²) in [7, 11) is -4.53. The first-order valence-corrected chi connectivity index (χ1v) is 6.65. The highest BCUT2D eigenvalue weighted by atomic mass is 32.2. The smallest absolute Gasteiger partial charge is 0.327 e. The topological polar surface area (TPSA) is 147 Å². The zero-order valence-corrected chi connectivity index (χ0v) is 10.4. The monoisotopic (exact) mass is 288 g/mol. The largest absolute Gasteiger partial charge is 0.480 e. The summed E-state index contributed by atoms with van der Waals surface area (Å²) >= 11 is 0. The van der Waals surface area contributed by atoms with Crippen molar-refractivity contribution in [3.8, 4) is 0 Å². The predicted molar refractivity (Wildman–Crippen MR) is 66.2 cm³/mol. The molecule has 8 nitrogen and oxygen atoms in total. The van der Waals surface area contributed by atoms with Crippen LogP contribution in [-0.2, 0) is 14.9 Å². The van der Waals surface area contributed by atoms with Gasteiger partial charge in [-0.3, -0.25) is 9.35 Å². The lowest BCUT2D eigenvalue weighted by atomic mass is 10.1. The van der Waals surface area contributed by atoms with Crippen molar-refractivity contribution in [3.05, 3.63) is 29.8 Å². The Morgan fingerprint density at radius 2 is 1.89 bits per heavy atom. The van der Waals surface area contributed by atoms with E-state index in [1.54, 1.807) is 6.07 Å². The third-order valence-corrected chi connectivity index (χ3v) is 2.94. The van der Waals surface area contributed by atoms with E-state index < -0.39 is 33.8 Å². The zero-order chi connectivity index (χ0) is 14.6. The van der Waals surface area contributed by atoms with Crippen LogP contribution in [0, 0.1) is 0 Å². The summed E-state index contributed by atoms with van der Waals surface area (Å²) < 4.78 is 29.9. The van der Waals surface area contributed by atoms with Gasteiger partial charge in [-0.1, -0.05) is 12.1 Å². The number of rotatable bonds is 5. The maximum Gasteiger partial charge on any atom is 0.327 e. The van der Waals surface area contributed by atoms with Crippen molar-refractivity contribution >= 4 is 27.7 Å². The van der Waals surface area contributed by atoms with Gasteiger partial charge in [-0.05, 0) is 12.1 Å². The van der Waals surface area contributed by atoms with E-state index in [0.29, 0.717) is 0 Å². The van der Waals surface area contributed by atoms with Crippen LogP contribution < -0.4 is 11.1 Å². The first-order valence-electron chi connectivity index (χ1n) is 5.04. The van der Waals surface area contributed by atoms with Crippen LogP contribution in [0.15, 0.2) is 24.3 Å². The minimum Gasteiger partial charge on any atom is -0.480 e. The summed E-state index contributed by atoms with van der Waals surface area (Å²) in [4.78, 5) is 22.5. The van der Waals surface area contributed by atoms with Gasteiger partial charge in [0.1, 0.15) is 11.8 Å². The Morgan fingerprint density at radius 3 is 2.37 bits per heavy atom. The van der Waals surface area contributed by atoms with Crippen LogP contribution in [0.3, 0.4) is 0 Å². The summed E-state index contributed by atoms with van der Waals surface area (Å²) in [6.07, 6.45) is 0. The first-order chi connectivity index (χ1) is 8.70. The quantitative estimate of drug-likeness (QED) is 0.415. The number of benzene rings is 1. The molecule has 1 amide bonds. The lowest BCUT2D eigenvalue weighted by Crippen LogP contribution is -2.45. The van der Waals surface area contributed by atoms with Crippen LogP contribution >= 0.6 is 0 Å². The first kappa shape index (κ1) is 14.9. The molecular weight excluding hydrogens is 276 g/mol. The molecule has 0 aliphatic carbocycles. The van der Waals surface area contributed by atoms with Gasteiger partial charge < -0.3 is 16.2 Å². The average molecular weight is 288 g/mol. The molecule has 5 N–H and O–H groups in total. The van der Waals surface area contributed by atoms with Crippen molar-refractivity contribution < 1.29 is 27.7 Å². The minimum atomic E-state index is -4.53. The van der Waals surface area contributed by atoms with Crippen LogP contribution in [0.25, 0.3) is 0 Å². The molecule has 0 saturated heterocycles. The average Bonchev–Trinajstić information content (AvgIpc) is 2.26. The number of nitrogens with one attached hydrogen (secondary N) is 1. The minimum absolute atomic E-state index is 0.0177. The summed E-state index contributed by atoms with van der Waals surface area (Å²) in [6, 6.07) is 4.13. The second-order valence-corrected chi connectivity index (χ2v) is 5.20. The second-order valence-electron chi connectivity index (χ2n) is 3.70. The van der Waals surface area contributed by atoms with Crippen molar-refractivity contribution in [2.75, 3.05) is 11.5 Å². The number of aliphatic carboxylic acids is 1. The fraction of sp³-hybridized carbons (Fsp3) is 0.200. The number of nitrogens with two attached hydrogens (primary N) is 1. The van der Waals surface area contributed by atoms with E-state index in [1.807, 2.05) is 5.32 Å². The van der Waals surface area contributed by atoms with Crippen LogP contribution in [0.2, 0.25) is 0 Å². The zero-order valence-electron chi connectivity index (χ0n) is 9.61. The van der Waals surface area contributed by atoms with Crippen molar-refractivity contribution in [2.24, 2.45) is 0 Å². The van der Waals surface area contributed by atoms with Crippen LogP contribution in [0.1, 0.15) is 10.4 Å². The Labute approximate surface area is 109 Å². The molecule has 0 fully saturated rings. The number of hydrogen-bond donors (Lipinski definition) is 4. The number of carboxylic acids is 1. The van der Waals surface area contributed by atoms with Gasteiger partial charge in [0.25, 0.3) is 16.0 Å². The summed E-state index contributed by atoms with van der Waals surface area (Å²) in [5.74, 6) is -3.55. The molecule has 0 radical (unpaired) electrons. The number of hydrogen-bond acceptors (Lipinski definition) is 5. The molecular formula is C10H12N2O6S. The maximum absolute atomic E-state index is 11.7. The number of carboxylic acid groups (broad SMARTS) is 1. The van der Waals surface area contributed by atoms with Gasteiger partial charge in [-0.25, -0.2) is 4.79 Å². The summed E-state index contributed by atoms with van der Waals surface area (Å²) in [6.45, 7) is 0. The van der Waals surface area contributed by atoms with Gasteiger partial charge in [-0.15, -0.1) is 0 Å². The Bertz CT molecular complexity index is 598. The molecule has 1 aromatic carbocycles. The Hall–Kier alpha value is -2.13. The fourth-order valence-corrected chi connectivity index (χ4v) is 1.97. The van der Waals surface area contributed by atoms with Gasteiger partial charge in [0.15, 0.2) is 0 Å². The van der Waals surface area contributed by atoms with Gasteiger partial charge in [0.05, 0.1) is 5.56 Å². The van der Waals surface area contributed by atoms with Crippen molar-refractivity contribution in [2.45, 2.75) is 6.04 Å². The summed E-state index contributed by atoms with van der Waals surface area (Å²) in [5.41, 5.74) is 5.66. The molecule has 0 bridgehead atoms. The van der Waals surface area contributed by atoms with E-state index in [1.165, 1.54) is 18.2 Å². The van der Waals surface area contributed by atoms with Crippen molar-refractivity contribution in [3.63, 3.8) is 0 Å². The Kier molecular flexibility index (Phi) is 4.46. The number of carbonyl (C=O) groups is 2. The SMILES string of the molecule is Nc1ccccc1C(=O)NC(CS(=O)(=O)O)C(=O)O. The number of nitrogen functional groups attached to an aromatic ring is 1. The molecule has 1 unspecified atom stereocenters. The third-order valence-electron chi connectivity index (χ3n) is 2.19. The van der Waals surface area contributed by atoms with E-state index in [0.717, 1.165) is 0 Å². The number of para-hydroxylation sites is 1. The molecule has 0 spiro atoms. The molecule has 9 heteroatoms. The highest BCUT2D eigenvalue weighted by Crippen LogP contribution is 2.10. The van der Waals surface area contributed by atoms with Gasteiger partial charge in [-0.2, -0.15) is 8.42 Å². The van der Waals surface area contributed by atoms with E-state index in [-0.39, 0.29) is 11.3 Å². The fourth-order valence-electron chi connectivity index (χ4n) is 1.33. The maximum atomic E-state index is 11.7. The highest BCUT2D eigenvalue weighted by molar-refractivity contribution is 7.85. The molecule has 0 aliphatic rings. The molecule has 1 aromatic rings. The normalized spacial score (nSPS) is 12.7. The van der Waals surface area contributed by atoms with E-state index in [9.17, 15) is 18.0 Å². The van der Waals surface area contributed by atoms with E-state index in [4.69, 9.17) is 15.4 Å². The Morgan fingerprint density at radius 1 is 1.32 bits per heavy atom. The molecule has 0 aromatic heterocycles. The van der Waals surface area contributed by atoms with Crippen LogP contribution in [0.5, 0.6) is 0 Å². The van der Waals surface area contributed by atoms with Crippen LogP contribution in [0.4, 0.5) is 5.69 Å². The molecule has 1 atom stereocenters. The third kappa shape index (κ3) is 4.56. The summed E-state index contributed by atoms with van der Waals surface area (Å²) in [5, 5.41) is 10.8. The number of amides is 1. The lowest BCUT2D eigenvalue weighted by Gasteiger charge is -2.13. The van der Waals surface area contributed by atoms with Crippen molar-refractivity contribution in [1.29, 1.82) is 0 Å². The predicted octanol–water partition coefficient (Wildman–Crippen LogP) is -0.660. The van der Waals surface area contributed by atoms with E-state index in [2.05, 4.69) is 0 Å². The molecule has 1 rings (SSSR count). The second kappa shape index (κ2) is 5.67. The molecule has 0 heterocycles. The van der Waals surface area contributed by atoms with Crippen molar-refractivity contribution in [1.82, 2.24) is 5.32 Å². The van der Waals surface area contributed by atoms with Gasteiger partial charge in [0.2, 0.25) is 0 Å². The van der Waals surface area contributed by atoms with Gasteiger partial charge >= 0.3 is 5.97 Å². The van der Waals surface area contributed by atoms with Gasteiger partial charge in [0, 0.05) is 5.69 Å². The molecule has 0 saturated carbocycles. The lowest BCUT2D eigenvalue weighted by molar-refractivity contribution is -0.138. The standard InChI is InChI=1S/C10H12N2O6S/c11-7-4-2-1-3-6(7)9(13)12-8(10(14)15)5-19(16,17)18/h1-4,8H,5,11H2,(H,12,13)(H,14,15)(H,16,17,18). The van der Waals surface area contributed by atoms with Crippen LogP contribution in [-0.4, -0.2) is 41.7 Å². The highest BCUT2D eigenvalue weighted by Gasteiger charge is 2.26. The number of carbonyl (C=O) groups excluding carboxylic acids is 1. The Balaban J connectivity index is 2.89.